The van der Waals surface area contributed by atoms with Crippen LogP contribution in [0.4, 0.5) is 13.2 Å². The van der Waals surface area contributed by atoms with E-state index in [9.17, 15) is 18.0 Å². The number of aliphatic hydroxyl groups excluding tert-OH is 1. The Morgan fingerprint density at radius 1 is 1.04 bits per heavy atom. The fourth-order valence-corrected chi connectivity index (χ4v) is 2.35. The first-order valence-corrected chi connectivity index (χ1v) is 6.56. The van der Waals surface area contributed by atoms with Crippen LogP contribution in [0.3, 0.4) is 0 Å². The zero-order valence-electron chi connectivity index (χ0n) is 11.5. The van der Waals surface area contributed by atoms with Crippen molar-refractivity contribution in [3.63, 3.8) is 0 Å². The van der Waals surface area contributed by atoms with Gasteiger partial charge in [-0.1, -0.05) is 6.07 Å². The fourth-order valence-electron chi connectivity index (χ4n) is 2.35. The Bertz CT molecular complexity index is 908. The molecule has 0 aliphatic heterocycles. The quantitative estimate of drug-likeness (QED) is 0.633. The van der Waals surface area contributed by atoms with Crippen molar-refractivity contribution in [2.24, 2.45) is 0 Å². The van der Waals surface area contributed by atoms with E-state index in [1.54, 1.807) is 0 Å². The van der Waals surface area contributed by atoms with Crippen molar-refractivity contribution in [2.45, 2.75) is 12.5 Å². The topological polar surface area (TPSA) is 78.2 Å². The van der Waals surface area contributed by atoms with Crippen LogP contribution in [0.25, 0.3) is 16.7 Å². The minimum atomic E-state index is -4.45. The first-order chi connectivity index (χ1) is 10.8. The van der Waals surface area contributed by atoms with Crippen LogP contribution in [-0.2, 0) is 6.18 Å². The summed E-state index contributed by atoms with van der Waals surface area (Å²) in [7, 11) is 0. The minimum Gasteiger partial charge on any atom is -0.364 e. The van der Waals surface area contributed by atoms with Crippen LogP contribution in [0.1, 0.15) is 17.4 Å². The zero-order valence-corrected chi connectivity index (χ0v) is 11.5. The van der Waals surface area contributed by atoms with Gasteiger partial charge in [0.1, 0.15) is 0 Å². The first-order valence-electron chi connectivity index (χ1n) is 6.56. The van der Waals surface area contributed by atoms with Crippen molar-refractivity contribution < 1.29 is 23.4 Å². The zero-order chi connectivity index (χ0) is 16.8. The standard InChI is InChI=1S/C15H11F3N2O3/c16-15(17,18)9-2-4-10(5-3-9)20-12-6-1-8(13(21)22)7-11(12)19-14(20)23/h1-7,13,21-22H,(H,19,23). The molecule has 3 aromatic rings. The molecule has 1 heterocycles. The number of hydrogen-bond acceptors (Lipinski definition) is 3. The highest BCUT2D eigenvalue weighted by Gasteiger charge is 2.30. The van der Waals surface area contributed by atoms with Crippen molar-refractivity contribution in [1.29, 1.82) is 0 Å². The molecule has 0 amide bonds. The van der Waals surface area contributed by atoms with Gasteiger partial charge < -0.3 is 15.2 Å². The average molecular weight is 324 g/mol. The molecule has 0 saturated carbocycles. The summed E-state index contributed by atoms with van der Waals surface area (Å²) in [6.07, 6.45) is -6.13. The number of H-pyrrole nitrogens is 1. The van der Waals surface area contributed by atoms with Crippen molar-refractivity contribution in [3.8, 4) is 5.69 Å². The molecule has 0 spiro atoms. The lowest BCUT2D eigenvalue weighted by molar-refractivity contribution is -0.137. The number of hydrogen-bond donors (Lipinski definition) is 3. The second kappa shape index (κ2) is 5.25. The number of nitrogens with one attached hydrogen (secondary N) is 1. The van der Waals surface area contributed by atoms with E-state index in [-0.39, 0.29) is 11.3 Å². The van der Waals surface area contributed by atoms with Gasteiger partial charge in [0.15, 0.2) is 6.29 Å². The number of imidazole rings is 1. The van der Waals surface area contributed by atoms with E-state index in [0.29, 0.717) is 11.0 Å². The van der Waals surface area contributed by atoms with Crippen LogP contribution in [0.5, 0.6) is 0 Å². The van der Waals surface area contributed by atoms with Crippen molar-refractivity contribution in [3.05, 3.63) is 64.1 Å². The lowest BCUT2D eigenvalue weighted by Crippen LogP contribution is -2.15. The first kappa shape index (κ1) is 15.3. The largest absolute Gasteiger partial charge is 0.416 e. The van der Waals surface area contributed by atoms with E-state index >= 15 is 0 Å². The highest BCUT2D eigenvalue weighted by molar-refractivity contribution is 5.78. The van der Waals surface area contributed by atoms with Crippen molar-refractivity contribution in [2.75, 3.05) is 0 Å². The number of halogens is 3. The maximum absolute atomic E-state index is 12.6. The summed E-state index contributed by atoms with van der Waals surface area (Å²) < 4.78 is 39.0. The van der Waals surface area contributed by atoms with Crippen molar-refractivity contribution in [1.82, 2.24) is 9.55 Å². The Hall–Kier alpha value is -2.58. The normalized spacial score (nSPS) is 12.3. The molecule has 0 radical (unpaired) electrons. The third-order valence-electron chi connectivity index (χ3n) is 3.46. The van der Waals surface area contributed by atoms with Crippen LogP contribution in [0.15, 0.2) is 47.3 Å². The molecule has 0 saturated heterocycles. The summed E-state index contributed by atoms with van der Waals surface area (Å²) in [4.78, 5) is 14.6. The van der Waals surface area contributed by atoms with Gasteiger partial charge in [-0.2, -0.15) is 13.2 Å². The van der Waals surface area contributed by atoms with Gasteiger partial charge >= 0.3 is 11.9 Å². The molecule has 8 heteroatoms. The fraction of sp³-hybridized carbons (Fsp3) is 0.133. The maximum atomic E-state index is 12.6. The average Bonchev–Trinajstić information content (AvgIpc) is 2.81. The number of aliphatic hydroxyl groups is 2. The number of alkyl halides is 3. The molecule has 2 aromatic carbocycles. The molecule has 0 unspecified atom stereocenters. The monoisotopic (exact) mass is 324 g/mol. The van der Waals surface area contributed by atoms with E-state index in [0.717, 1.165) is 12.1 Å². The van der Waals surface area contributed by atoms with Crippen LogP contribution in [0.2, 0.25) is 0 Å². The van der Waals surface area contributed by atoms with Gasteiger partial charge in [-0.25, -0.2) is 4.79 Å². The Labute approximate surface area is 127 Å². The predicted octanol–water partition coefficient (Wildman–Crippen LogP) is 2.32. The van der Waals surface area contributed by atoms with Crippen LogP contribution in [0, 0.1) is 0 Å². The smallest absolute Gasteiger partial charge is 0.364 e. The summed E-state index contributed by atoms with van der Waals surface area (Å²) in [5, 5.41) is 18.3. The molecular formula is C15H11F3N2O3. The van der Waals surface area contributed by atoms with Crippen LogP contribution < -0.4 is 5.69 Å². The van der Waals surface area contributed by atoms with Gasteiger partial charge in [-0.05, 0) is 36.4 Å². The second-order valence-corrected chi connectivity index (χ2v) is 4.96. The third-order valence-corrected chi connectivity index (χ3v) is 3.46. The molecule has 0 fully saturated rings. The van der Waals surface area contributed by atoms with Gasteiger partial charge in [0.2, 0.25) is 0 Å². The number of nitrogens with zero attached hydrogens (tertiary/aromatic N) is 1. The molecular weight excluding hydrogens is 313 g/mol. The van der Waals surface area contributed by atoms with Gasteiger partial charge in [-0.3, -0.25) is 4.57 Å². The molecule has 23 heavy (non-hydrogen) atoms. The summed E-state index contributed by atoms with van der Waals surface area (Å²) >= 11 is 0. The molecule has 1 aromatic heterocycles. The molecule has 5 nitrogen and oxygen atoms in total. The van der Waals surface area contributed by atoms with Gasteiger partial charge in [0, 0.05) is 5.56 Å². The molecule has 0 aliphatic rings. The number of fused-ring (bicyclic) bond motifs is 1. The summed E-state index contributed by atoms with van der Waals surface area (Å²) in [6.45, 7) is 0. The summed E-state index contributed by atoms with van der Waals surface area (Å²) in [5.74, 6) is 0. The van der Waals surface area contributed by atoms with Crippen LogP contribution >= 0.6 is 0 Å². The summed E-state index contributed by atoms with van der Waals surface area (Å²) in [5.41, 5.74) is -0.117. The number of benzene rings is 2. The number of rotatable bonds is 2. The molecule has 3 rings (SSSR count). The number of aromatic nitrogens is 2. The maximum Gasteiger partial charge on any atom is 0.416 e. The second-order valence-electron chi connectivity index (χ2n) is 4.96. The molecule has 0 atom stereocenters. The summed E-state index contributed by atoms with van der Waals surface area (Å²) in [6, 6.07) is 8.49. The van der Waals surface area contributed by atoms with E-state index in [1.807, 2.05) is 0 Å². The van der Waals surface area contributed by atoms with E-state index in [2.05, 4.69) is 4.98 Å². The lowest BCUT2D eigenvalue weighted by atomic mass is 10.1. The SMILES string of the molecule is O=c1[nH]c2cc(C(O)O)ccc2n1-c1ccc(C(F)(F)F)cc1. The highest BCUT2D eigenvalue weighted by Crippen LogP contribution is 2.30. The highest BCUT2D eigenvalue weighted by atomic mass is 19.4. The molecule has 3 N–H and O–H groups in total. The van der Waals surface area contributed by atoms with E-state index < -0.39 is 23.7 Å². The molecule has 0 bridgehead atoms. The van der Waals surface area contributed by atoms with E-state index in [1.165, 1.54) is 34.9 Å². The lowest BCUT2D eigenvalue weighted by Gasteiger charge is -2.09. The number of aromatic amines is 1. The Balaban J connectivity index is 2.13. The Morgan fingerprint density at radius 3 is 2.26 bits per heavy atom. The van der Waals surface area contributed by atoms with Gasteiger partial charge in [0.25, 0.3) is 0 Å². The molecule has 0 aliphatic carbocycles. The van der Waals surface area contributed by atoms with Crippen LogP contribution in [-0.4, -0.2) is 19.8 Å². The third kappa shape index (κ3) is 2.73. The predicted molar refractivity (Wildman–Crippen MR) is 76.1 cm³/mol. The Morgan fingerprint density at radius 2 is 1.70 bits per heavy atom. The van der Waals surface area contributed by atoms with Gasteiger partial charge in [-0.15, -0.1) is 0 Å². The van der Waals surface area contributed by atoms with Crippen molar-refractivity contribution >= 4 is 11.0 Å². The van der Waals surface area contributed by atoms with E-state index in [4.69, 9.17) is 10.2 Å². The minimum absolute atomic E-state index is 0.193. The Kier molecular flexibility index (Phi) is 3.50. The molecule has 120 valence electrons. The van der Waals surface area contributed by atoms with Gasteiger partial charge in [0.05, 0.1) is 22.3 Å².